The van der Waals surface area contributed by atoms with Crippen LogP contribution < -0.4 is 11.1 Å². The first-order valence-electron chi connectivity index (χ1n) is 7.13. The molecule has 0 saturated heterocycles. The van der Waals surface area contributed by atoms with Gasteiger partial charge < -0.3 is 11.1 Å². The minimum atomic E-state index is 0.204. The number of rotatable bonds is 5. The monoisotopic (exact) mass is 292 g/mol. The van der Waals surface area contributed by atoms with Gasteiger partial charge in [-0.05, 0) is 23.8 Å². The summed E-state index contributed by atoms with van der Waals surface area (Å²) in [7, 11) is 0. The maximum absolute atomic E-state index is 5.82. The molecule has 110 valence electrons. The second kappa shape index (κ2) is 5.56. The van der Waals surface area contributed by atoms with Gasteiger partial charge in [-0.15, -0.1) is 11.3 Å². The summed E-state index contributed by atoms with van der Waals surface area (Å²) in [5, 5.41) is 4.55. The first kappa shape index (κ1) is 15.0. The fraction of sp³-hybridized carbons (Fsp3) is 0.600. The van der Waals surface area contributed by atoms with Gasteiger partial charge in [-0.3, -0.25) is 0 Å². The van der Waals surface area contributed by atoms with E-state index in [4.69, 9.17) is 5.73 Å². The quantitative estimate of drug-likeness (QED) is 0.876. The Kier molecular flexibility index (Phi) is 4.18. The highest BCUT2D eigenvalue weighted by Crippen LogP contribution is 2.32. The molecule has 3 N–H and O–H groups in total. The molecule has 0 atom stereocenters. The van der Waals surface area contributed by atoms with Gasteiger partial charge >= 0.3 is 0 Å². The zero-order valence-corrected chi connectivity index (χ0v) is 13.8. The highest BCUT2D eigenvalue weighted by Gasteiger charge is 2.22. The molecule has 0 radical (unpaired) electrons. The van der Waals surface area contributed by atoms with Gasteiger partial charge in [-0.25, -0.2) is 4.98 Å². The van der Waals surface area contributed by atoms with Crippen LogP contribution in [-0.4, -0.2) is 16.5 Å². The number of nitrogens with zero attached hydrogens (tertiary/aromatic N) is 2. The molecule has 0 aliphatic heterocycles. The maximum Gasteiger partial charge on any atom is 0.223 e. The summed E-state index contributed by atoms with van der Waals surface area (Å²) in [6.07, 6.45) is 1.01. The van der Waals surface area contributed by atoms with Crippen LogP contribution >= 0.6 is 11.3 Å². The number of fused-ring (bicyclic) bond motifs is 1. The molecule has 5 heteroatoms. The molecule has 2 heterocycles. The molecule has 0 fully saturated rings. The average Bonchev–Trinajstić information content (AvgIpc) is 2.78. The molecule has 20 heavy (non-hydrogen) atoms. The fourth-order valence-electron chi connectivity index (χ4n) is 1.81. The van der Waals surface area contributed by atoms with Gasteiger partial charge in [0, 0.05) is 11.4 Å². The van der Waals surface area contributed by atoms with Crippen LogP contribution in [0.3, 0.4) is 0 Å². The molecule has 2 rings (SSSR count). The van der Waals surface area contributed by atoms with Crippen molar-refractivity contribution in [2.75, 3.05) is 17.6 Å². The molecule has 2 aromatic heterocycles. The summed E-state index contributed by atoms with van der Waals surface area (Å²) < 4.78 is 0. The van der Waals surface area contributed by atoms with E-state index >= 15 is 0 Å². The number of aryl methyl sites for hydroxylation is 1. The third-order valence-corrected chi connectivity index (χ3v) is 5.26. The van der Waals surface area contributed by atoms with Crippen molar-refractivity contribution in [3.63, 3.8) is 0 Å². The van der Waals surface area contributed by atoms with Crippen molar-refractivity contribution >= 4 is 33.3 Å². The highest BCUT2D eigenvalue weighted by atomic mass is 32.1. The van der Waals surface area contributed by atoms with Crippen LogP contribution in [0, 0.1) is 11.3 Å². The molecule has 0 bridgehead atoms. The highest BCUT2D eigenvalue weighted by molar-refractivity contribution is 7.18. The van der Waals surface area contributed by atoms with Crippen LogP contribution in [0.4, 0.5) is 11.8 Å². The topological polar surface area (TPSA) is 63.8 Å². The lowest BCUT2D eigenvalue weighted by Crippen LogP contribution is -2.28. The van der Waals surface area contributed by atoms with Crippen molar-refractivity contribution < 1.29 is 0 Å². The third kappa shape index (κ3) is 3.03. The summed E-state index contributed by atoms with van der Waals surface area (Å²) in [6, 6.07) is 2.17. The number of nitrogens with two attached hydrogens (primary N) is 1. The van der Waals surface area contributed by atoms with Crippen molar-refractivity contribution in [3.05, 3.63) is 10.9 Å². The van der Waals surface area contributed by atoms with E-state index in [9.17, 15) is 0 Å². The molecule has 0 aliphatic carbocycles. The Morgan fingerprint density at radius 1 is 1.35 bits per heavy atom. The average molecular weight is 292 g/mol. The molecule has 0 amide bonds. The van der Waals surface area contributed by atoms with Crippen LogP contribution in [0.25, 0.3) is 10.2 Å². The van der Waals surface area contributed by atoms with E-state index in [1.54, 1.807) is 11.3 Å². The summed E-state index contributed by atoms with van der Waals surface area (Å²) in [5.41, 5.74) is 6.02. The Morgan fingerprint density at radius 3 is 2.65 bits per heavy atom. The maximum atomic E-state index is 5.82. The molecule has 2 aromatic rings. The summed E-state index contributed by atoms with van der Waals surface area (Å²) in [4.78, 5) is 11.0. The third-order valence-electron chi connectivity index (χ3n) is 4.08. The molecule has 0 saturated carbocycles. The number of anilines is 2. The summed E-state index contributed by atoms with van der Waals surface area (Å²) >= 11 is 1.69. The van der Waals surface area contributed by atoms with Gasteiger partial charge in [0.2, 0.25) is 5.95 Å². The van der Waals surface area contributed by atoms with E-state index in [1.807, 2.05) is 0 Å². The summed E-state index contributed by atoms with van der Waals surface area (Å²) in [6.45, 7) is 12.0. The van der Waals surface area contributed by atoms with E-state index in [1.165, 1.54) is 4.88 Å². The second-order valence-corrected chi connectivity index (χ2v) is 7.33. The SMILES string of the molecule is CCc1cc2c(NCC(C)(C)C(C)C)nc(N)nc2s1. The van der Waals surface area contributed by atoms with Crippen molar-refractivity contribution in [1.82, 2.24) is 9.97 Å². The Labute approximate surface area is 124 Å². The lowest BCUT2D eigenvalue weighted by Gasteiger charge is -2.29. The molecular weight excluding hydrogens is 268 g/mol. The predicted molar refractivity (Wildman–Crippen MR) is 88.3 cm³/mol. The van der Waals surface area contributed by atoms with Crippen LogP contribution in [0.2, 0.25) is 0 Å². The molecule has 0 unspecified atom stereocenters. The standard InChI is InChI=1S/C15H24N4S/c1-6-10-7-11-12(17-8-15(4,5)9(2)3)18-14(16)19-13(11)20-10/h7,9H,6,8H2,1-5H3,(H3,16,17,18,19). The number of aromatic nitrogens is 2. The number of hydrogen-bond acceptors (Lipinski definition) is 5. The Hall–Kier alpha value is -1.36. The van der Waals surface area contributed by atoms with Gasteiger partial charge in [0.15, 0.2) is 0 Å². The zero-order chi connectivity index (χ0) is 14.9. The van der Waals surface area contributed by atoms with Crippen molar-refractivity contribution in [2.45, 2.75) is 41.0 Å². The van der Waals surface area contributed by atoms with Gasteiger partial charge in [-0.1, -0.05) is 34.6 Å². The van der Waals surface area contributed by atoms with Crippen LogP contribution in [0.15, 0.2) is 6.07 Å². The molecule has 4 nitrogen and oxygen atoms in total. The lowest BCUT2D eigenvalue weighted by atomic mass is 9.81. The predicted octanol–water partition coefficient (Wildman–Crippen LogP) is 3.93. The van der Waals surface area contributed by atoms with E-state index < -0.39 is 0 Å². The fourth-order valence-corrected chi connectivity index (χ4v) is 2.79. The van der Waals surface area contributed by atoms with E-state index in [2.05, 4.69) is 56.0 Å². The smallest absolute Gasteiger partial charge is 0.223 e. The Balaban J connectivity index is 2.31. The second-order valence-electron chi connectivity index (χ2n) is 6.21. The molecule has 0 aromatic carbocycles. The Bertz CT molecular complexity index is 601. The van der Waals surface area contributed by atoms with E-state index in [0.717, 1.165) is 29.0 Å². The van der Waals surface area contributed by atoms with Crippen molar-refractivity contribution in [3.8, 4) is 0 Å². The number of nitrogen functional groups attached to an aromatic ring is 1. The number of thiophene rings is 1. The van der Waals surface area contributed by atoms with Crippen LogP contribution in [0.1, 0.15) is 39.5 Å². The molecular formula is C15H24N4S. The Morgan fingerprint density at radius 2 is 2.05 bits per heavy atom. The minimum absolute atomic E-state index is 0.204. The first-order chi connectivity index (χ1) is 9.33. The van der Waals surface area contributed by atoms with Crippen LogP contribution in [-0.2, 0) is 6.42 Å². The normalized spacial score (nSPS) is 12.3. The van der Waals surface area contributed by atoms with Gasteiger partial charge in [-0.2, -0.15) is 4.98 Å². The van der Waals surface area contributed by atoms with Crippen molar-refractivity contribution in [2.24, 2.45) is 11.3 Å². The number of hydrogen-bond donors (Lipinski definition) is 2. The first-order valence-corrected chi connectivity index (χ1v) is 7.95. The van der Waals surface area contributed by atoms with Gasteiger partial charge in [0.25, 0.3) is 0 Å². The zero-order valence-electron chi connectivity index (χ0n) is 12.9. The van der Waals surface area contributed by atoms with Gasteiger partial charge in [0.1, 0.15) is 10.6 Å². The van der Waals surface area contributed by atoms with Crippen LogP contribution in [0.5, 0.6) is 0 Å². The number of nitrogens with one attached hydrogen (secondary N) is 1. The summed E-state index contributed by atoms with van der Waals surface area (Å²) in [5.74, 6) is 1.79. The van der Waals surface area contributed by atoms with Gasteiger partial charge in [0.05, 0.1) is 5.39 Å². The largest absolute Gasteiger partial charge is 0.369 e. The molecule has 0 spiro atoms. The van der Waals surface area contributed by atoms with E-state index in [-0.39, 0.29) is 5.41 Å². The molecule has 0 aliphatic rings. The lowest BCUT2D eigenvalue weighted by molar-refractivity contribution is 0.269. The minimum Gasteiger partial charge on any atom is -0.369 e. The van der Waals surface area contributed by atoms with Crippen molar-refractivity contribution in [1.29, 1.82) is 0 Å². The van der Waals surface area contributed by atoms with E-state index in [0.29, 0.717) is 11.9 Å².